The molecule has 1 amide bonds. The number of aryl methyl sites for hydroxylation is 1. The molecule has 1 aromatic rings. The number of aliphatic hydroxyl groups is 1. The van der Waals surface area contributed by atoms with Crippen LogP contribution in [0.5, 0.6) is 0 Å². The minimum atomic E-state index is -0.898. The van der Waals surface area contributed by atoms with Gasteiger partial charge in [-0.15, -0.1) is 0 Å². The zero-order valence-corrected chi connectivity index (χ0v) is 10.9. The highest BCUT2D eigenvalue weighted by atomic mass is 32.1. The minimum absolute atomic E-state index is 0.186. The van der Waals surface area contributed by atoms with Crippen molar-refractivity contribution in [3.8, 4) is 0 Å². The normalized spacial score (nSPS) is 20.6. The molecule has 0 spiro atoms. The number of carbonyl (C=O) groups excluding carboxylic acids is 1. The molecule has 1 N–H and O–H groups in total. The molecule has 0 bridgehead atoms. The van der Waals surface area contributed by atoms with Gasteiger partial charge in [0.15, 0.2) is 6.23 Å². The average molecular weight is 253 g/mol. The summed E-state index contributed by atoms with van der Waals surface area (Å²) in [6, 6.07) is 0. The smallest absolute Gasteiger partial charge is 0.258 e. The second-order valence-corrected chi connectivity index (χ2v) is 4.83. The summed E-state index contributed by atoms with van der Waals surface area (Å²) in [5, 5.41) is 10.5. The summed E-state index contributed by atoms with van der Waals surface area (Å²) >= 11 is 1.16. The molecule has 0 aliphatic carbocycles. The topological polar surface area (TPSA) is 66.3 Å². The van der Waals surface area contributed by atoms with Crippen LogP contribution in [0.25, 0.3) is 0 Å². The minimum Gasteiger partial charge on any atom is -0.369 e. The fourth-order valence-electron chi connectivity index (χ4n) is 1.71. The highest BCUT2D eigenvalue weighted by Crippen LogP contribution is 2.30. The van der Waals surface area contributed by atoms with Crippen LogP contribution in [0, 0.1) is 0 Å². The predicted octanol–water partition coefficient (Wildman–Crippen LogP) is 1.49. The maximum absolute atomic E-state index is 11.9. The Morgan fingerprint density at radius 1 is 1.47 bits per heavy atom. The lowest BCUT2D eigenvalue weighted by Crippen LogP contribution is -2.35. The predicted molar refractivity (Wildman–Crippen MR) is 65.8 cm³/mol. The SMILES string of the molecule is CCCc1nsc(N2C(=O)C(C)=C(C)C2O)n1. The lowest BCUT2D eigenvalue weighted by molar-refractivity contribution is -0.115. The van der Waals surface area contributed by atoms with Crippen LogP contribution >= 0.6 is 11.5 Å². The lowest BCUT2D eigenvalue weighted by atomic mass is 10.2. The highest BCUT2D eigenvalue weighted by molar-refractivity contribution is 7.10. The van der Waals surface area contributed by atoms with E-state index < -0.39 is 6.23 Å². The summed E-state index contributed by atoms with van der Waals surface area (Å²) in [5.74, 6) is 0.545. The molecule has 1 atom stereocenters. The van der Waals surface area contributed by atoms with E-state index >= 15 is 0 Å². The van der Waals surface area contributed by atoms with E-state index in [0.717, 1.165) is 30.2 Å². The molecule has 0 saturated heterocycles. The average Bonchev–Trinajstić information content (AvgIpc) is 2.82. The monoisotopic (exact) mass is 253 g/mol. The molecular formula is C11H15N3O2S. The molecular weight excluding hydrogens is 238 g/mol. The fraction of sp³-hybridized carbons (Fsp3) is 0.545. The molecule has 0 radical (unpaired) electrons. The van der Waals surface area contributed by atoms with Crippen molar-refractivity contribution >= 4 is 22.6 Å². The highest BCUT2D eigenvalue weighted by Gasteiger charge is 2.36. The number of amides is 1. The van der Waals surface area contributed by atoms with Crippen LogP contribution in [0.15, 0.2) is 11.1 Å². The van der Waals surface area contributed by atoms with E-state index in [9.17, 15) is 9.90 Å². The van der Waals surface area contributed by atoms with Crippen molar-refractivity contribution in [1.29, 1.82) is 0 Å². The van der Waals surface area contributed by atoms with Gasteiger partial charge in [-0.3, -0.25) is 9.69 Å². The summed E-state index contributed by atoms with van der Waals surface area (Å²) in [4.78, 5) is 17.5. The zero-order valence-electron chi connectivity index (χ0n) is 10.1. The number of carbonyl (C=O) groups is 1. The number of nitrogens with zero attached hydrogens (tertiary/aromatic N) is 3. The Hall–Kier alpha value is -1.27. The van der Waals surface area contributed by atoms with Crippen molar-refractivity contribution in [2.24, 2.45) is 0 Å². The molecule has 1 aliphatic heterocycles. The summed E-state index contributed by atoms with van der Waals surface area (Å²) in [6.45, 7) is 5.52. The molecule has 0 aromatic carbocycles. The Morgan fingerprint density at radius 2 is 2.18 bits per heavy atom. The second kappa shape index (κ2) is 4.54. The van der Waals surface area contributed by atoms with Crippen molar-refractivity contribution in [3.05, 3.63) is 17.0 Å². The Morgan fingerprint density at radius 3 is 2.71 bits per heavy atom. The van der Waals surface area contributed by atoms with E-state index in [1.54, 1.807) is 13.8 Å². The van der Waals surface area contributed by atoms with E-state index in [0.29, 0.717) is 16.3 Å². The van der Waals surface area contributed by atoms with Crippen molar-refractivity contribution in [2.75, 3.05) is 4.90 Å². The fourth-order valence-corrected chi connectivity index (χ4v) is 2.44. The Balaban J connectivity index is 2.26. The van der Waals surface area contributed by atoms with Crippen LogP contribution in [0.3, 0.4) is 0 Å². The van der Waals surface area contributed by atoms with Crippen molar-refractivity contribution in [2.45, 2.75) is 39.8 Å². The standard InChI is InChI=1S/C11H15N3O2S/c1-4-5-8-12-11(17-13-8)14-9(15)6(2)7(3)10(14)16/h9,15H,4-5H2,1-3H3. The molecule has 17 heavy (non-hydrogen) atoms. The van der Waals surface area contributed by atoms with Gasteiger partial charge in [0.25, 0.3) is 5.91 Å². The van der Waals surface area contributed by atoms with Crippen molar-refractivity contribution in [1.82, 2.24) is 9.36 Å². The van der Waals surface area contributed by atoms with Crippen molar-refractivity contribution in [3.63, 3.8) is 0 Å². The number of anilines is 1. The van der Waals surface area contributed by atoms with Gasteiger partial charge >= 0.3 is 0 Å². The van der Waals surface area contributed by atoms with Gasteiger partial charge < -0.3 is 5.11 Å². The molecule has 0 fully saturated rings. The van der Waals surface area contributed by atoms with E-state index in [1.165, 1.54) is 4.90 Å². The third-order valence-electron chi connectivity index (χ3n) is 2.90. The summed E-state index contributed by atoms with van der Waals surface area (Å²) in [6.07, 6.45) is 0.855. The lowest BCUT2D eigenvalue weighted by Gasteiger charge is -2.17. The molecule has 0 saturated carbocycles. The van der Waals surface area contributed by atoms with Gasteiger partial charge in [0.05, 0.1) is 0 Å². The quantitative estimate of drug-likeness (QED) is 0.886. The maximum atomic E-state index is 11.9. The number of aliphatic hydroxyl groups excluding tert-OH is 1. The Kier molecular flexibility index (Phi) is 3.26. The molecule has 1 aromatic heterocycles. The van der Waals surface area contributed by atoms with E-state index in [-0.39, 0.29) is 5.91 Å². The van der Waals surface area contributed by atoms with E-state index in [2.05, 4.69) is 9.36 Å². The van der Waals surface area contributed by atoms with Crippen LogP contribution in [0.1, 0.15) is 33.0 Å². The number of aromatic nitrogens is 2. The largest absolute Gasteiger partial charge is 0.369 e. The third kappa shape index (κ3) is 1.98. The van der Waals surface area contributed by atoms with E-state index in [4.69, 9.17) is 0 Å². The van der Waals surface area contributed by atoms with Crippen molar-refractivity contribution < 1.29 is 9.90 Å². The first kappa shape index (κ1) is 12.2. The molecule has 2 rings (SSSR count). The summed E-state index contributed by atoms with van der Waals surface area (Å²) < 4.78 is 4.18. The van der Waals surface area contributed by atoms with Gasteiger partial charge in [0.2, 0.25) is 5.13 Å². The molecule has 2 heterocycles. The molecule has 6 heteroatoms. The van der Waals surface area contributed by atoms with Crippen LogP contribution in [0.2, 0.25) is 0 Å². The molecule has 5 nitrogen and oxygen atoms in total. The third-order valence-corrected chi connectivity index (χ3v) is 3.65. The summed E-state index contributed by atoms with van der Waals surface area (Å²) in [5.41, 5.74) is 1.27. The van der Waals surface area contributed by atoms with Gasteiger partial charge in [-0.05, 0) is 25.8 Å². The van der Waals surface area contributed by atoms with Gasteiger partial charge in [-0.2, -0.15) is 4.37 Å². The van der Waals surface area contributed by atoms with Crippen LogP contribution in [-0.2, 0) is 11.2 Å². The van der Waals surface area contributed by atoms with Crippen LogP contribution in [-0.4, -0.2) is 26.6 Å². The van der Waals surface area contributed by atoms with Gasteiger partial charge in [0, 0.05) is 23.5 Å². The van der Waals surface area contributed by atoms with Gasteiger partial charge in [-0.1, -0.05) is 6.92 Å². The Bertz CT molecular complexity index is 481. The van der Waals surface area contributed by atoms with Crippen LogP contribution < -0.4 is 4.90 Å². The first-order valence-corrected chi connectivity index (χ1v) is 6.35. The number of rotatable bonds is 3. The van der Waals surface area contributed by atoms with Gasteiger partial charge in [0.1, 0.15) is 5.82 Å². The van der Waals surface area contributed by atoms with E-state index in [1.807, 2.05) is 6.92 Å². The second-order valence-electron chi connectivity index (χ2n) is 4.10. The first-order valence-electron chi connectivity index (χ1n) is 5.57. The summed E-state index contributed by atoms with van der Waals surface area (Å²) in [7, 11) is 0. The number of hydrogen-bond acceptors (Lipinski definition) is 5. The van der Waals surface area contributed by atoms with Crippen LogP contribution in [0.4, 0.5) is 5.13 Å². The molecule has 1 aliphatic rings. The first-order chi connectivity index (χ1) is 8.06. The molecule has 1 unspecified atom stereocenters. The molecule has 92 valence electrons. The maximum Gasteiger partial charge on any atom is 0.258 e. The number of hydrogen-bond donors (Lipinski definition) is 1. The zero-order chi connectivity index (χ0) is 12.6. The Labute approximate surface area is 104 Å². The van der Waals surface area contributed by atoms with Gasteiger partial charge in [-0.25, -0.2) is 4.98 Å².